The van der Waals surface area contributed by atoms with Crippen LogP contribution in [0.3, 0.4) is 0 Å². The average Bonchev–Trinajstić information content (AvgIpc) is 2.88. The summed E-state index contributed by atoms with van der Waals surface area (Å²) in [7, 11) is 0. The number of aliphatic imine (C=N–C) groups is 1. The monoisotopic (exact) mass is 282 g/mol. The van der Waals surface area contributed by atoms with E-state index in [9.17, 15) is 4.79 Å². The molecule has 0 saturated heterocycles. The van der Waals surface area contributed by atoms with Crippen molar-refractivity contribution in [1.82, 2.24) is 4.40 Å². The number of rotatable bonds is 5. The molecule has 2 aromatic rings. The molecule has 0 aromatic carbocycles. The molecule has 21 heavy (non-hydrogen) atoms. The normalized spacial score (nSPS) is 12.0. The molecule has 0 aliphatic rings. The van der Waals surface area contributed by atoms with Gasteiger partial charge in [0.2, 0.25) is 0 Å². The van der Waals surface area contributed by atoms with Gasteiger partial charge in [-0.05, 0) is 32.0 Å². The molecule has 4 nitrogen and oxygen atoms in total. The topological polar surface area (TPSA) is 43.1 Å². The van der Waals surface area contributed by atoms with Gasteiger partial charge in [-0.25, -0.2) is 4.79 Å². The molecular formula is C17H18N2O2. The summed E-state index contributed by atoms with van der Waals surface area (Å²) in [5.74, 6) is -0.343. The second-order valence-electron chi connectivity index (χ2n) is 4.32. The first-order chi connectivity index (χ1) is 10.2. The van der Waals surface area contributed by atoms with Crippen molar-refractivity contribution >= 4 is 23.3 Å². The zero-order valence-electron chi connectivity index (χ0n) is 12.2. The minimum atomic E-state index is -0.343. The molecule has 4 heteroatoms. The van der Waals surface area contributed by atoms with Gasteiger partial charge in [-0.2, -0.15) is 0 Å². The summed E-state index contributed by atoms with van der Waals surface area (Å²) in [4.78, 5) is 16.3. The molecule has 0 bridgehead atoms. The minimum Gasteiger partial charge on any atom is -0.462 e. The van der Waals surface area contributed by atoms with E-state index in [1.165, 1.54) is 0 Å². The molecule has 0 amide bonds. The number of allylic oxidation sites excluding steroid dienone is 2. The number of hydrogen-bond acceptors (Lipinski definition) is 3. The molecule has 0 fully saturated rings. The Morgan fingerprint density at radius 3 is 2.95 bits per heavy atom. The number of carbonyl (C=O) groups is 1. The van der Waals surface area contributed by atoms with Crippen molar-refractivity contribution in [2.75, 3.05) is 6.61 Å². The number of pyridine rings is 1. The number of hydrogen-bond donors (Lipinski definition) is 0. The highest BCUT2D eigenvalue weighted by molar-refractivity contribution is 5.98. The van der Waals surface area contributed by atoms with Gasteiger partial charge in [-0.15, -0.1) is 0 Å². The van der Waals surface area contributed by atoms with Crippen LogP contribution in [0.2, 0.25) is 0 Å². The Balaban J connectivity index is 2.70. The van der Waals surface area contributed by atoms with E-state index in [1.807, 2.05) is 41.8 Å². The van der Waals surface area contributed by atoms with Crippen LogP contribution in [0.5, 0.6) is 0 Å². The van der Waals surface area contributed by atoms with Gasteiger partial charge in [0.05, 0.1) is 17.9 Å². The van der Waals surface area contributed by atoms with Gasteiger partial charge in [0, 0.05) is 29.7 Å². The lowest BCUT2D eigenvalue weighted by Crippen LogP contribution is -2.07. The zero-order chi connectivity index (χ0) is 15.2. The lowest BCUT2D eigenvalue weighted by atomic mass is 10.1. The van der Waals surface area contributed by atoms with Crippen LogP contribution in [-0.2, 0) is 4.74 Å². The van der Waals surface area contributed by atoms with Crippen LogP contribution in [0.4, 0.5) is 0 Å². The maximum atomic E-state index is 12.2. The zero-order valence-corrected chi connectivity index (χ0v) is 12.2. The highest BCUT2D eigenvalue weighted by Gasteiger charge is 2.19. The smallest absolute Gasteiger partial charge is 0.340 e. The number of esters is 1. The molecule has 2 rings (SSSR count). The fourth-order valence-electron chi connectivity index (χ4n) is 2.15. The van der Waals surface area contributed by atoms with Gasteiger partial charge >= 0.3 is 5.97 Å². The molecule has 0 saturated carbocycles. The van der Waals surface area contributed by atoms with Crippen LogP contribution in [0.1, 0.15) is 29.9 Å². The molecule has 108 valence electrons. The Hall–Kier alpha value is -2.62. The van der Waals surface area contributed by atoms with Gasteiger partial charge in [-0.1, -0.05) is 18.7 Å². The first kappa shape index (κ1) is 14.8. The van der Waals surface area contributed by atoms with Crippen LogP contribution in [0.15, 0.2) is 54.3 Å². The Labute approximate surface area is 124 Å². The minimum absolute atomic E-state index is 0.338. The molecule has 0 N–H and O–H groups in total. The highest BCUT2D eigenvalue weighted by Crippen LogP contribution is 2.25. The third-order valence-electron chi connectivity index (χ3n) is 3.03. The molecule has 2 aromatic heterocycles. The van der Waals surface area contributed by atoms with Crippen molar-refractivity contribution in [3.05, 3.63) is 60.6 Å². The molecule has 0 atom stereocenters. The Kier molecular flexibility index (Phi) is 4.72. The van der Waals surface area contributed by atoms with Gasteiger partial charge in [0.1, 0.15) is 0 Å². The van der Waals surface area contributed by atoms with Crippen LogP contribution < -0.4 is 0 Å². The van der Waals surface area contributed by atoms with Crippen molar-refractivity contribution in [3.8, 4) is 0 Å². The summed E-state index contributed by atoms with van der Waals surface area (Å²) in [6, 6.07) is 7.60. The molecule has 0 aliphatic heterocycles. The standard InChI is InChI=1S/C17H18N2O2/c1-4-13(12-18-5-2)16-15(17(20)21-6-3)11-14-9-7-8-10-19(14)16/h4-5,7-12H,1,6H2,2-3H3/b13-12+,18-5?. The average molecular weight is 282 g/mol. The van der Waals surface area contributed by atoms with Crippen LogP contribution in [-0.4, -0.2) is 23.2 Å². The summed E-state index contributed by atoms with van der Waals surface area (Å²) < 4.78 is 7.08. The van der Waals surface area contributed by atoms with Crippen molar-refractivity contribution < 1.29 is 9.53 Å². The predicted molar refractivity (Wildman–Crippen MR) is 85.7 cm³/mol. The third kappa shape index (κ3) is 2.94. The summed E-state index contributed by atoms with van der Waals surface area (Å²) in [5, 5.41) is 0. The van der Waals surface area contributed by atoms with E-state index in [-0.39, 0.29) is 5.97 Å². The Bertz CT molecular complexity index is 723. The van der Waals surface area contributed by atoms with Crippen molar-refractivity contribution in [2.24, 2.45) is 4.99 Å². The number of fused-ring (bicyclic) bond motifs is 1. The maximum Gasteiger partial charge on any atom is 0.340 e. The molecule has 2 heterocycles. The molecule has 0 unspecified atom stereocenters. The van der Waals surface area contributed by atoms with E-state index >= 15 is 0 Å². The quantitative estimate of drug-likeness (QED) is 0.476. The van der Waals surface area contributed by atoms with Crippen LogP contribution in [0.25, 0.3) is 11.1 Å². The first-order valence-corrected chi connectivity index (χ1v) is 6.80. The van der Waals surface area contributed by atoms with E-state index in [2.05, 4.69) is 11.6 Å². The molecule has 0 spiro atoms. The fourth-order valence-corrected chi connectivity index (χ4v) is 2.15. The number of carbonyl (C=O) groups excluding carboxylic acids is 1. The molecule has 0 aliphatic carbocycles. The van der Waals surface area contributed by atoms with Crippen molar-refractivity contribution in [3.63, 3.8) is 0 Å². The van der Waals surface area contributed by atoms with Gasteiger partial charge in [0.25, 0.3) is 0 Å². The summed E-state index contributed by atoms with van der Waals surface area (Å²) in [5.41, 5.74) is 2.94. The van der Waals surface area contributed by atoms with Crippen LogP contribution in [0, 0.1) is 0 Å². The lowest BCUT2D eigenvalue weighted by molar-refractivity contribution is 0.0526. The van der Waals surface area contributed by atoms with Crippen molar-refractivity contribution in [1.29, 1.82) is 0 Å². The number of ether oxygens (including phenoxy) is 1. The van der Waals surface area contributed by atoms with Gasteiger partial charge in [-0.3, -0.25) is 4.99 Å². The lowest BCUT2D eigenvalue weighted by Gasteiger charge is -2.07. The van der Waals surface area contributed by atoms with E-state index in [4.69, 9.17) is 4.74 Å². The molecular weight excluding hydrogens is 264 g/mol. The summed E-state index contributed by atoms with van der Waals surface area (Å²) in [6.45, 7) is 7.78. The summed E-state index contributed by atoms with van der Waals surface area (Å²) >= 11 is 0. The second-order valence-corrected chi connectivity index (χ2v) is 4.32. The third-order valence-corrected chi connectivity index (χ3v) is 3.03. The Morgan fingerprint density at radius 2 is 2.29 bits per heavy atom. The number of aromatic nitrogens is 1. The van der Waals surface area contributed by atoms with E-state index in [0.29, 0.717) is 12.2 Å². The highest BCUT2D eigenvalue weighted by atomic mass is 16.5. The summed E-state index contributed by atoms with van der Waals surface area (Å²) in [6.07, 6.45) is 6.96. The molecule has 0 radical (unpaired) electrons. The SMILES string of the molecule is C=C/C(=C\N=CC)c1c(C(=O)OCC)cc2ccccn12. The van der Waals surface area contributed by atoms with E-state index < -0.39 is 0 Å². The maximum absolute atomic E-state index is 12.2. The van der Waals surface area contributed by atoms with E-state index in [0.717, 1.165) is 16.8 Å². The van der Waals surface area contributed by atoms with Crippen molar-refractivity contribution in [2.45, 2.75) is 13.8 Å². The number of nitrogens with zero attached hydrogens (tertiary/aromatic N) is 2. The van der Waals surface area contributed by atoms with E-state index in [1.54, 1.807) is 25.4 Å². The Morgan fingerprint density at radius 1 is 1.48 bits per heavy atom. The fraction of sp³-hybridized carbons (Fsp3) is 0.176. The predicted octanol–water partition coefficient (Wildman–Crippen LogP) is 3.73. The first-order valence-electron chi connectivity index (χ1n) is 6.80. The second kappa shape index (κ2) is 6.70. The van der Waals surface area contributed by atoms with Gasteiger partial charge in [0.15, 0.2) is 0 Å². The van der Waals surface area contributed by atoms with Crippen LogP contribution >= 0.6 is 0 Å². The van der Waals surface area contributed by atoms with Gasteiger partial charge < -0.3 is 9.14 Å². The largest absolute Gasteiger partial charge is 0.462 e.